The third-order valence-electron chi connectivity index (χ3n) is 5.97. The Labute approximate surface area is 111 Å². The van der Waals surface area contributed by atoms with E-state index in [-0.39, 0.29) is 17.5 Å². The molecule has 2 rings (SSSR count). The standard InChI is InChI=1S/C16H28O2/c1-5-6-7-8-14(17)18-13-11-12-9-10-16(13,4)15(12,2)3/h12-13H,5-11H2,1-4H3/t12-,13+,16+/m0/s1. The van der Waals surface area contributed by atoms with Gasteiger partial charge in [0, 0.05) is 11.8 Å². The highest BCUT2D eigenvalue weighted by Crippen LogP contribution is 2.66. The maximum Gasteiger partial charge on any atom is 0.306 e. The van der Waals surface area contributed by atoms with Gasteiger partial charge in [-0.2, -0.15) is 0 Å². The first-order chi connectivity index (χ1) is 8.41. The van der Waals surface area contributed by atoms with Gasteiger partial charge < -0.3 is 4.74 Å². The normalized spacial score (nSPS) is 36.9. The maximum atomic E-state index is 11.9. The molecular formula is C16H28O2. The van der Waals surface area contributed by atoms with Crippen LogP contribution in [0, 0.1) is 16.7 Å². The van der Waals surface area contributed by atoms with Gasteiger partial charge in [-0.1, -0.05) is 40.5 Å². The molecule has 2 fully saturated rings. The van der Waals surface area contributed by atoms with E-state index in [1.807, 2.05) is 0 Å². The van der Waals surface area contributed by atoms with Crippen molar-refractivity contribution in [2.45, 2.75) is 78.7 Å². The molecule has 18 heavy (non-hydrogen) atoms. The number of ether oxygens (including phenoxy) is 1. The lowest BCUT2D eigenvalue weighted by Gasteiger charge is -2.38. The molecular weight excluding hydrogens is 224 g/mol. The topological polar surface area (TPSA) is 26.3 Å². The maximum absolute atomic E-state index is 11.9. The second-order valence-corrected chi connectivity index (χ2v) is 7.05. The van der Waals surface area contributed by atoms with E-state index < -0.39 is 0 Å². The van der Waals surface area contributed by atoms with Gasteiger partial charge in [0.2, 0.25) is 0 Å². The minimum atomic E-state index is 0.0259. The third-order valence-corrected chi connectivity index (χ3v) is 5.97. The molecule has 2 saturated carbocycles. The Morgan fingerprint density at radius 3 is 2.50 bits per heavy atom. The predicted octanol–water partition coefficient (Wildman–Crippen LogP) is 4.32. The summed E-state index contributed by atoms with van der Waals surface area (Å²) in [4.78, 5) is 11.9. The average molecular weight is 252 g/mol. The molecule has 0 radical (unpaired) electrons. The molecule has 3 atom stereocenters. The highest BCUT2D eigenvalue weighted by atomic mass is 16.5. The third kappa shape index (κ3) is 2.08. The Hall–Kier alpha value is -0.530. The van der Waals surface area contributed by atoms with E-state index in [2.05, 4.69) is 27.7 Å². The molecule has 2 heteroatoms. The number of carbonyl (C=O) groups excluding carboxylic acids is 1. The summed E-state index contributed by atoms with van der Waals surface area (Å²) in [5, 5.41) is 0. The zero-order valence-electron chi connectivity index (χ0n) is 12.4. The molecule has 0 spiro atoms. The van der Waals surface area contributed by atoms with Crippen LogP contribution in [0.2, 0.25) is 0 Å². The predicted molar refractivity (Wildman–Crippen MR) is 73.3 cm³/mol. The van der Waals surface area contributed by atoms with Crippen LogP contribution in [0.15, 0.2) is 0 Å². The Bertz CT molecular complexity index is 321. The highest BCUT2D eigenvalue weighted by molar-refractivity contribution is 5.69. The molecule has 0 amide bonds. The van der Waals surface area contributed by atoms with Crippen LogP contribution in [0.5, 0.6) is 0 Å². The molecule has 2 aliphatic carbocycles. The van der Waals surface area contributed by atoms with E-state index in [9.17, 15) is 4.79 Å². The lowest BCUT2D eigenvalue weighted by atomic mass is 9.70. The molecule has 104 valence electrons. The van der Waals surface area contributed by atoms with Crippen LogP contribution in [0.25, 0.3) is 0 Å². The molecule has 0 aromatic carbocycles. The number of rotatable bonds is 5. The van der Waals surface area contributed by atoms with Crippen LogP contribution < -0.4 is 0 Å². The molecule has 0 unspecified atom stereocenters. The van der Waals surface area contributed by atoms with Crippen LogP contribution in [0.4, 0.5) is 0 Å². The fourth-order valence-corrected chi connectivity index (χ4v) is 4.05. The molecule has 0 saturated heterocycles. The van der Waals surface area contributed by atoms with Gasteiger partial charge >= 0.3 is 5.97 Å². The fourth-order valence-electron chi connectivity index (χ4n) is 4.05. The van der Waals surface area contributed by atoms with E-state index >= 15 is 0 Å². The summed E-state index contributed by atoms with van der Waals surface area (Å²) in [5.74, 6) is 0.772. The van der Waals surface area contributed by atoms with Crippen LogP contribution in [-0.4, -0.2) is 12.1 Å². The van der Waals surface area contributed by atoms with Crippen molar-refractivity contribution in [2.75, 3.05) is 0 Å². The van der Waals surface area contributed by atoms with Gasteiger partial charge in [-0.3, -0.25) is 4.79 Å². The van der Waals surface area contributed by atoms with E-state index in [1.165, 1.54) is 12.8 Å². The summed E-state index contributed by atoms with van der Waals surface area (Å²) >= 11 is 0. The van der Waals surface area contributed by atoms with Crippen LogP contribution >= 0.6 is 0 Å². The Morgan fingerprint density at radius 2 is 2.00 bits per heavy atom. The zero-order chi connectivity index (χ0) is 13.4. The Balaban J connectivity index is 1.90. The summed E-state index contributed by atoms with van der Waals surface area (Å²) in [7, 11) is 0. The minimum Gasteiger partial charge on any atom is -0.462 e. The molecule has 0 aromatic rings. The van der Waals surface area contributed by atoms with Crippen LogP contribution in [0.3, 0.4) is 0 Å². The smallest absolute Gasteiger partial charge is 0.306 e. The van der Waals surface area contributed by atoms with Gasteiger partial charge in [-0.05, 0) is 37.0 Å². The molecule has 2 aliphatic rings. The van der Waals surface area contributed by atoms with E-state index in [4.69, 9.17) is 4.74 Å². The zero-order valence-corrected chi connectivity index (χ0v) is 12.4. The quantitative estimate of drug-likeness (QED) is 0.538. The number of unbranched alkanes of at least 4 members (excludes halogenated alkanes) is 2. The van der Waals surface area contributed by atoms with Crippen molar-refractivity contribution in [1.82, 2.24) is 0 Å². The molecule has 0 heterocycles. The van der Waals surface area contributed by atoms with Gasteiger partial charge in [-0.25, -0.2) is 0 Å². The van der Waals surface area contributed by atoms with Gasteiger partial charge in [0.15, 0.2) is 0 Å². The first-order valence-corrected chi connectivity index (χ1v) is 7.61. The van der Waals surface area contributed by atoms with Crippen molar-refractivity contribution in [2.24, 2.45) is 16.7 Å². The first-order valence-electron chi connectivity index (χ1n) is 7.61. The summed E-state index contributed by atoms with van der Waals surface area (Å²) in [6, 6.07) is 0. The van der Waals surface area contributed by atoms with Crippen LogP contribution in [0.1, 0.15) is 72.6 Å². The minimum absolute atomic E-state index is 0.0259. The summed E-state index contributed by atoms with van der Waals surface area (Å²) < 4.78 is 5.79. The lowest BCUT2D eigenvalue weighted by molar-refractivity contribution is -0.157. The van der Waals surface area contributed by atoms with Crippen molar-refractivity contribution in [3.05, 3.63) is 0 Å². The molecule has 0 aliphatic heterocycles. The second kappa shape index (κ2) is 4.86. The largest absolute Gasteiger partial charge is 0.462 e. The molecule has 2 nitrogen and oxygen atoms in total. The summed E-state index contributed by atoms with van der Waals surface area (Å²) in [5.41, 5.74) is 0.541. The monoisotopic (exact) mass is 252 g/mol. The van der Waals surface area contributed by atoms with Crippen LogP contribution in [-0.2, 0) is 9.53 Å². The number of carbonyl (C=O) groups is 1. The Kier molecular flexibility index (Phi) is 3.75. The number of hydrogen-bond donors (Lipinski definition) is 0. The lowest BCUT2D eigenvalue weighted by Crippen LogP contribution is -2.38. The SMILES string of the molecule is CCCCCC(=O)O[C@@H]1C[C@@H]2CC[C@@]1(C)C2(C)C. The van der Waals surface area contributed by atoms with E-state index in [1.54, 1.807) is 0 Å². The van der Waals surface area contributed by atoms with Crippen molar-refractivity contribution in [3.63, 3.8) is 0 Å². The molecule has 2 bridgehead atoms. The van der Waals surface area contributed by atoms with Gasteiger partial charge in [0.05, 0.1) is 0 Å². The fraction of sp³-hybridized carbons (Fsp3) is 0.938. The Morgan fingerprint density at radius 1 is 1.28 bits per heavy atom. The van der Waals surface area contributed by atoms with Crippen molar-refractivity contribution < 1.29 is 9.53 Å². The van der Waals surface area contributed by atoms with Crippen molar-refractivity contribution in [3.8, 4) is 0 Å². The highest BCUT2D eigenvalue weighted by Gasteiger charge is 2.62. The first kappa shape index (κ1) is 13.9. The number of esters is 1. The average Bonchev–Trinajstić information content (AvgIpc) is 2.62. The second-order valence-electron chi connectivity index (χ2n) is 7.05. The van der Waals surface area contributed by atoms with E-state index in [0.717, 1.165) is 31.6 Å². The van der Waals surface area contributed by atoms with Crippen molar-refractivity contribution >= 4 is 5.97 Å². The van der Waals surface area contributed by atoms with E-state index in [0.29, 0.717) is 11.8 Å². The number of hydrogen-bond acceptors (Lipinski definition) is 2. The van der Waals surface area contributed by atoms with Gasteiger partial charge in [0.25, 0.3) is 0 Å². The molecule has 0 aromatic heterocycles. The summed E-state index contributed by atoms with van der Waals surface area (Å²) in [6.45, 7) is 9.19. The summed E-state index contributed by atoms with van der Waals surface area (Å²) in [6.07, 6.45) is 7.65. The molecule has 0 N–H and O–H groups in total. The van der Waals surface area contributed by atoms with Crippen molar-refractivity contribution in [1.29, 1.82) is 0 Å². The number of fused-ring (bicyclic) bond motifs is 2. The van der Waals surface area contributed by atoms with Gasteiger partial charge in [0.1, 0.15) is 6.10 Å². The van der Waals surface area contributed by atoms with Gasteiger partial charge in [-0.15, -0.1) is 0 Å².